The Morgan fingerprint density at radius 3 is 2.26 bits per heavy atom. The molecule has 0 aliphatic carbocycles. The van der Waals surface area contributed by atoms with Gasteiger partial charge in [0.2, 0.25) is 0 Å². The molecule has 0 bridgehead atoms. The first-order valence-corrected chi connectivity index (χ1v) is 9.09. The largest absolute Gasteiger partial charge is 0.507 e. The number of esters is 1. The van der Waals surface area contributed by atoms with E-state index in [2.05, 4.69) is 5.32 Å². The molecule has 142 valence electrons. The van der Waals surface area contributed by atoms with Crippen LogP contribution in [0.25, 0.3) is 21.5 Å². The zero-order valence-electron chi connectivity index (χ0n) is 15.9. The maximum Gasteiger partial charge on any atom is 0.306 e. The maximum absolute atomic E-state index is 11.8. The molecule has 3 aromatic rings. The Morgan fingerprint density at radius 2 is 1.59 bits per heavy atom. The van der Waals surface area contributed by atoms with E-state index in [-0.39, 0.29) is 17.5 Å². The van der Waals surface area contributed by atoms with Crippen LogP contribution in [0, 0.1) is 0 Å². The number of aromatic hydroxyl groups is 2. The van der Waals surface area contributed by atoms with Gasteiger partial charge in [0.1, 0.15) is 17.1 Å². The molecular formula is C22H25NO4. The van der Waals surface area contributed by atoms with Crippen LogP contribution in [0.5, 0.6) is 11.5 Å². The van der Waals surface area contributed by atoms with Gasteiger partial charge in [0.15, 0.2) is 0 Å². The van der Waals surface area contributed by atoms with Gasteiger partial charge < -0.3 is 20.3 Å². The monoisotopic (exact) mass is 367 g/mol. The maximum atomic E-state index is 11.8. The van der Waals surface area contributed by atoms with Crippen molar-refractivity contribution in [1.82, 2.24) is 0 Å². The molecular weight excluding hydrogens is 342 g/mol. The quantitative estimate of drug-likeness (QED) is 0.258. The molecule has 3 N–H and O–H groups in total. The lowest BCUT2D eigenvalue weighted by Gasteiger charge is -2.19. The fraction of sp³-hybridized carbons (Fsp3) is 0.318. The summed E-state index contributed by atoms with van der Waals surface area (Å²) in [5.74, 6) is 0.0538. The lowest BCUT2D eigenvalue weighted by atomic mass is 9.99. The second kappa shape index (κ2) is 7.35. The van der Waals surface area contributed by atoms with E-state index in [1.54, 1.807) is 18.2 Å². The molecule has 0 aliphatic heterocycles. The van der Waals surface area contributed by atoms with Crippen LogP contribution >= 0.6 is 0 Å². The van der Waals surface area contributed by atoms with Gasteiger partial charge in [-0.15, -0.1) is 0 Å². The van der Waals surface area contributed by atoms with Crippen LogP contribution in [0.1, 0.15) is 33.6 Å². The molecule has 5 nitrogen and oxygen atoms in total. The van der Waals surface area contributed by atoms with Crippen molar-refractivity contribution in [3.8, 4) is 11.5 Å². The van der Waals surface area contributed by atoms with E-state index < -0.39 is 5.60 Å². The fourth-order valence-electron chi connectivity index (χ4n) is 3.18. The van der Waals surface area contributed by atoms with Gasteiger partial charge in [-0.1, -0.05) is 36.4 Å². The zero-order chi connectivity index (χ0) is 19.6. The highest BCUT2D eigenvalue weighted by atomic mass is 16.6. The van der Waals surface area contributed by atoms with Crippen molar-refractivity contribution in [2.75, 3.05) is 11.9 Å². The molecule has 0 atom stereocenters. The normalized spacial score (nSPS) is 11.7. The van der Waals surface area contributed by atoms with E-state index in [0.29, 0.717) is 40.9 Å². The van der Waals surface area contributed by atoms with E-state index in [1.165, 1.54) is 0 Å². The van der Waals surface area contributed by atoms with Crippen molar-refractivity contribution in [1.29, 1.82) is 0 Å². The summed E-state index contributed by atoms with van der Waals surface area (Å²) >= 11 is 0. The molecule has 0 aliphatic rings. The number of nitrogens with one attached hydrogen (secondary N) is 1. The molecule has 0 amide bonds. The first-order chi connectivity index (χ1) is 12.8. The standard InChI is InChI=1S/C22H25NO4/c1-22(2,3)27-18(24)12-7-13-23-17-11-6-10-16-19(17)21(26)15-9-5-4-8-14(15)20(16)25/h4-6,8-11,23,25-26H,7,12-13H2,1-3H3. The van der Waals surface area contributed by atoms with Crippen molar-refractivity contribution in [2.45, 2.75) is 39.2 Å². The average molecular weight is 367 g/mol. The van der Waals surface area contributed by atoms with Crippen LogP contribution in [0.3, 0.4) is 0 Å². The molecule has 3 rings (SSSR count). The number of hydrogen-bond donors (Lipinski definition) is 3. The van der Waals surface area contributed by atoms with E-state index in [4.69, 9.17) is 4.74 Å². The summed E-state index contributed by atoms with van der Waals surface area (Å²) in [6.07, 6.45) is 0.917. The van der Waals surface area contributed by atoms with Crippen molar-refractivity contribution in [3.05, 3.63) is 42.5 Å². The number of phenols is 2. The zero-order valence-corrected chi connectivity index (χ0v) is 15.9. The van der Waals surface area contributed by atoms with Crippen molar-refractivity contribution >= 4 is 33.2 Å². The lowest BCUT2D eigenvalue weighted by Crippen LogP contribution is -2.24. The average Bonchev–Trinajstić information content (AvgIpc) is 2.61. The number of anilines is 1. The van der Waals surface area contributed by atoms with Gasteiger partial charge in [-0.25, -0.2) is 0 Å². The molecule has 0 unspecified atom stereocenters. The summed E-state index contributed by atoms with van der Waals surface area (Å²) in [5.41, 5.74) is 0.236. The van der Waals surface area contributed by atoms with E-state index in [0.717, 1.165) is 5.69 Å². The molecule has 0 aromatic heterocycles. The third-order valence-electron chi connectivity index (χ3n) is 4.29. The van der Waals surface area contributed by atoms with Crippen LogP contribution in [-0.2, 0) is 9.53 Å². The minimum atomic E-state index is -0.482. The van der Waals surface area contributed by atoms with Gasteiger partial charge in [-0.3, -0.25) is 4.79 Å². The molecule has 0 heterocycles. The van der Waals surface area contributed by atoms with Gasteiger partial charge >= 0.3 is 5.97 Å². The Hall–Kier alpha value is -2.95. The van der Waals surface area contributed by atoms with E-state index >= 15 is 0 Å². The summed E-state index contributed by atoms with van der Waals surface area (Å²) in [6.45, 7) is 6.09. The molecule has 0 fully saturated rings. The summed E-state index contributed by atoms with van der Waals surface area (Å²) in [4.78, 5) is 11.8. The van der Waals surface area contributed by atoms with Crippen LogP contribution in [-0.4, -0.2) is 28.3 Å². The van der Waals surface area contributed by atoms with Crippen molar-refractivity contribution in [3.63, 3.8) is 0 Å². The summed E-state index contributed by atoms with van der Waals surface area (Å²) in [7, 11) is 0. The van der Waals surface area contributed by atoms with Gasteiger partial charge in [-0.05, 0) is 33.3 Å². The molecule has 0 radical (unpaired) electrons. The Kier molecular flexibility index (Phi) is 5.13. The van der Waals surface area contributed by atoms with E-state index in [9.17, 15) is 15.0 Å². The van der Waals surface area contributed by atoms with Gasteiger partial charge in [0.25, 0.3) is 0 Å². The van der Waals surface area contributed by atoms with Crippen molar-refractivity contribution in [2.24, 2.45) is 0 Å². The molecule has 5 heteroatoms. The van der Waals surface area contributed by atoms with Crippen LogP contribution in [0.4, 0.5) is 5.69 Å². The third-order valence-corrected chi connectivity index (χ3v) is 4.29. The van der Waals surface area contributed by atoms with Gasteiger partial charge in [-0.2, -0.15) is 0 Å². The number of rotatable bonds is 5. The highest BCUT2D eigenvalue weighted by Crippen LogP contribution is 2.44. The molecule has 0 spiro atoms. The van der Waals surface area contributed by atoms with Crippen LogP contribution in [0.15, 0.2) is 42.5 Å². The topological polar surface area (TPSA) is 78.8 Å². The fourth-order valence-corrected chi connectivity index (χ4v) is 3.18. The predicted molar refractivity (Wildman–Crippen MR) is 108 cm³/mol. The molecule has 0 saturated heterocycles. The Morgan fingerprint density at radius 1 is 0.963 bits per heavy atom. The lowest BCUT2D eigenvalue weighted by molar-refractivity contribution is -0.154. The Balaban J connectivity index is 1.81. The SMILES string of the molecule is CC(C)(C)OC(=O)CCCNc1cccc2c(O)c3ccccc3c(O)c12. The first-order valence-electron chi connectivity index (χ1n) is 9.09. The highest BCUT2D eigenvalue weighted by Gasteiger charge is 2.17. The smallest absolute Gasteiger partial charge is 0.306 e. The Bertz CT molecular complexity index is 989. The van der Waals surface area contributed by atoms with Crippen LogP contribution in [0.2, 0.25) is 0 Å². The van der Waals surface area contributed by atoms with Gasteiger partial charge in [0.05, 0.1) is 5.39 Å². The number of carbonyl (C=O) groups excluding carboxylic acids is 1. The second-order valence-electron chi connectivity index (χ2n) is 7.59. The minimum Gasteiger partial charge on any atom is -0.507 e. The molecule has 0 saturated carbocycles. The van der Waals surface area contributed by atoms with Crippen LogP contribution < -0.4 is 5.32 Å². The van der Waals surface area contributed by atoms with Crippen molar-refractivity contribution < 1.29 is 19.7 Å². The summed E-state index contributed by atoms with van der Waals surface area (Å²) in [5, 5.41) is 27.0. The minimum absolute atomic E-state index is 0.133. The number of carbonyl (C=O) groups is 1. The highest BCUT2D eigenvalue weighted by molar-refractivity contribution is 6.14. The Labute approximate surface area is 158 Å². The molecule has 3 aromatic carbocycles. The molecule has 27 heavy (non-hydrogen) atoms. The number of hydrogen-bond acceptors (Lipinski definition) is 5. The number of ether oxygens (including phenoxy) is 1. The second-order valence-corrected chi connectivity index (χ2v) is 7.59. The summed E-state index contributed by atoms with van der Waals surface area (Å²) in [6, 6.07) is 12.7. The third kappa shape index (κ3) is 4.08. The number of phenolic OH excluding ortho intramolecular Hbond substituents is 2. The first kappa shape index (κ1) is 18.8. The van der Waals surface area contributed by atoms with Gasteiger partial charge in [0, 0.05) is 34.8 Å². The number of benzene rings is 3. The number of fused-ring (bicyclic) bond motifs is 2. The van der Waals surface area contributed by atoms with E-state index in [1.807, 2.05) is 45.0 Å². The summed E-state index contributed by atoms with van der Waals surface area (Å²) < 4.78 is 5.30. The predicted octanol–water partition coefficient (Wildman–Crippen LogP) is 4.94.